The number of esters is 1. The van der Waals surface area contributed by atoms with Gasteiger partial charge in [0, 0.05) is 5.56 Å². The first-order valence-electron chi connectivity index (χ1n) is 10.2. The number of nitrogens with one attached hydrogen (secondary N) is 2. The largest absolute Gasteiger partial charge is 0.495 e. The second-order valence-electron chi connectivity index (χ2n) is 7.83. The molecule has 2 aromatic carbocycles. The molecular formula is C24H30N2O5. The first-order chi connectivity index (χ1) is 14.7. The molecule has 0 aliphatic carbocycles. The number of hydrogen-bond donors (Lipinski definition) is 2. The molecule has 7 heteroatoms. The predicted octanol–water partition coefficient (Wildman–Crippen LogP) is 3.64. The van der Waals surface area contributed by atoms with E-state index in [0.29, 0.717) is 23.4 Å². The van der Waals surface area contributed by atoms with Gasteiger partial charge in [0.05, 0.1) is 12.8 Å². The van der Waals surface area contributed by atoms with Gasteiger partial charge in [-0.3, -0.25) is 9.59 Å². The van der Waals surface area contributed by atoms with Crippen LogP contribution in [-0.4, -0.2) is 37.5 Å². The number of benzene rings is 2. The van der Waals surface area contributed by atoms with Crippen molar-refractivity contribution in [3.63, 3.8) is 0 Å². The summed E-state index contributed by atoms with van der Waals surface area (Å²) in [5, 5.41) is 5.42. The van der Waals surface area contributed by atoms with E-state index in [9.17, 15) is 14.4 Å². The number of hydrogen-bond acceptors (Lipinski definition) is 5. The van der Waals surface area contributed by atoms with Crippen LogP contribution in [0.5, 0.6) is 5.75 Å². The quantitative estimate of drug-likeness (QED) is 0.597. The molecule has 31 heavy (non-hydrogen) atoms. The highest BCUT2D eigenvalue weighted by Crippen LogP contribution is 2.25. The molecule has 0 aliphatic rings. The molecular weight excluding hydrogens is 396 g/mol. The Kier molecular flexibility index (Phi) is 8.61. The van der Waals surface area contributed by atoms with Gasteiger partial charge in [-0.25, -0.2) is 4.79 Å². The van der Waals surface area contributed by atoms with Gasteiger partial charge in [0.15, 0.2) is 6.61 Å². The molecule has 166 valence electrons. The molecule has 0 aromatic heterocycles. The molecule has 2 rings (SSSR count). The fourth-order valence-corrected chi connectivity index (χ4v) is 3.09. The van der Waals surface area contributed by atoms with Crippen molar-refractivity contribution in [1.82, 2.24) is 5.32 Å². The number of carbonyl (C=O) groups excluding carboxylic acids is 3. The Hall–Kier alpha value is -3.35. The number of rotatable bonds is 9. The zero-order valence-corrected chi connectivity index (χ0v) is 18.7. The third-order valence-electron chi connectivity index (χ3n) is 4.66. The normalized spacial score (nSPS) is 11.5. The maximum absolute atomic E-state index is 12.6. The Labute approximate surface area is 183 Å². The lowest BCUT2D eigenvalue weighted by Crippen LogP contribution is -2.43. The molecule has 7 nitrogen and oxygen atoms in total. The Morgan fingerprint density at radius 3 is 2.39 bits per heavy atom. The van der Waals surface area contributed by atoms with E-state index in [4.69, 9.17) is 9.47 Å². The van der Waals surface area contributed by atoms with Crippen LogP contribution in [0.3, 0.4) is 0 Å². The average Bonchev–Trinajstić information content (AvgIpc) is 2.71. The summed E-state index contributed by atoms with van der Waals surface area (Å²) in [5.74, 6) is -0.851. The molecule has 0 aliphatic heterocycles. The molecule has 2 N–H and O–H groups in total. The monoisotopic (exact) mass is 426 g/mol. The van der Waals surface area contributed by atoms with E-state index >= 15 is 0 Å². The van der Waals surface area contributed by atoms with Gasteiger partial charge in [-0.2, -0.15) is 0 Å². The van der Waals surface area contributed by atoms with E-state index in [2.05, 4.69) is 10.6 Å². The summed E-state index contributed by atoms with van der Waals surface area (Å²) < 4.78 is 10.4. The van der Waals surface area contributed by atoms with E-state index in [1.54, 1.807) is 24.3 Å². The van der Waals surface area contributed by atoms with Crippen LogP contribution in [0.2, 0.25) is 0 Å². The van der Waals surface area contributed by atoms with E-state index in [1.807, 2.05) is 45.9 Å². The molecule has 2 amide bonds. The average molecular weight is 427 g/mol. The Bertz CT molecular complexity index is 939. The van der Waals surface area contributed by atoms with Gasteiger partial charge in [0.2, 0.25) is 0 Å². The summed E-state index contributed by atoms with van der Waals surface area (Å²) in [6.07, 6.45) is 0.393. The van der Waals surface area contributed by atoms with E-state index in [-0.39, 0.29) is 11.8 Å². The van der Waals surface area contributed by atoms with Crippen molar-refractivity contribution in [1.29, 1.82) is 0 Å². The third kappa shape index (κ3) is 7.13. The standard InChI is InChI=1S/C24H30N2O5/c1-15(2)12-20(26-23(28)18-9-7-6-8-17(18)4)24(29)31-14-22(27)25-19-13-16(3)10-11-21(19)30-5/h6-11,13,15,20H,12,14H2,1-5H3,(H,25,27)(H,26,28)/t20-/m0/s1. The van der Waals surface area contributed by atoms with Crippen molar-refractivity contribution in [2.45, 2.75) is 40.2 Å². The van der Waals surface area contributed by atoms with E-state index in [1.165, 1.54) is 7.11 Å². The fraction of sp³-hybridized carbons (Fsp3) is 0.375. The summed E-state index contributed by atoms with van der Waals surface area (Å²) in [4.78, 5) is 37.6. The van der Waals surface area contributed by atoms with Crippen molar-refractivity contribution in [2.24, 2.45) is 5.92 Å². The lowest BCUT2D eigenvalue weighted by atomic mass is 10.0. The van der Waals surface area contributed by atoms with Crippen LogP contribution >= 0.6 is 0 Å². The van der Waals surface area contributed by atoms with Gasteiger partial charge in [0.1, 0.15) is 11.8 Å². The highest BCUT2D eigenvalue weighted by Gasteiger charge is 2.25. The number of anilines is 1. The summed E-state index contributed by atoms with van der Waals surface area (Å²) >= 11 is 0. The van der Waals surface area contributed by atoms with E-state index in [0.717, 1.165) is 11.1 Å². The zero-order chi connectivity index (χ0) is 23.0. The topological polar surface area (TPSA) is 93.7 Å². The van der Waals surface area contributed by atoms with Crippen LogP contribution in [0.1, 0.15) is 41.8 Å². The zero-order valence-electron chi connectivity index (χ0n) is 18.7. The number of aryl methyl sites for hydroxylation is 2. The van der Waals surface area contributed by atoms with Crippen LogP contribution in [0, 0.1) is 19.8 Å². The van der Waals surface area contributed by atoms with Crippen molar-refractivity contribution in [3.05, 3.63) is 59.2 Å². The molecule has 0 saturated heterocycles. The first-order valence-corrected chi connectivity index (χ1v) is 10.2. The van der Waals surface area contributed by atoms with Gasteiger partial charge in [-0.05, 0) is 55.5 Å². The molecule has 0 spiro atoms. The van der Waals surface area contributed by atoms with Crippen molar-refractivity contribution >= 4 is 23.5 Å². The summed E-state index contributed by atoms with van der Waals surface area (Å²) in [6.45, 7) is 7.13. The summed E-state index contributed by atoms with van der Waals surface area (Å²) in [7, 11) is 1.51. The number of amides is 2. The number of ether oxygens (including phenoxy) is 2. The Balaban J connectivity index is 2.00. The number of carbonyl (C=O) groups is 3. The molecule has 1 atom stereocenters. The van der Waals surface area contributed by atoms with Crippen LogP contribution < -0.4 is 15.4 Å². The van der Waals surface area contributed by atoms with E-state index < -0.39 is 24.5 Å². The highest BCUT2D eigenvalue weighted by molar-refractivity contribution is 5.98. The Morgan fingerprint density at radius 1 is 1.03 bits per heavy atom. The first kappa shape index (κ1) is 23.9. The summed E-state index contributed by atoms with van der Waals surface area (Å²) in [6, 6.07) is 11.7. The summed E-state index contributed by atoms with van der Waals surface area (Å²) in [5.41, 5.74) is 2.75. The molecule has 0 fully saturated rings. The molecule has 0 saturated carbocycles. The van der Waals surface area contributed by atoms with Gasteiger partial charge >= 0.3 is 5.97 Å². The highest BCUT2D eigenvalue weighted by atomic mass is 16.5. The van der Waals surface area contributed by atoms with Crippen molar-refractivity contribution < 1.29 is 23.9 Å². The van der Waals surface area contributed by atoms with Gasteiger partial charge in [-0.15, -0.1) is 0 Å². The van der Waals surface area contributed by atoms with Gasteiger partial charge in [-0.1, -0.05) is 38.1 Å². The molecule has 0 bridgehead atoms. The lowest BCUT2D eigenvalue weighted by molar-refractivity contribution is -0.149. The van der Waals surface area contributed by atoms with Crippen LogP contribution in [-0.2, 0) is 14.3 Å². The molecule has 0 unspecified atom stereocenters. The number of methoxy groups -OCH3 is 1. The second-order valence-corrected chi connectivity index (χ2v) is 7.83. The van der Waals surface area contributed by atoms with Crippen LogP contribution in [0.15, 0.2) is 42.5 Å². The minimum absolute atomic E-state index is 0.139. The molecule has 2 aromatic rings. The predicted molar refractivity (Wildman–Crippen MR) is 119 cm³/mol. The van der Waals surface area contributed by atoms with Gasteiger partial charge in [0.25, 0.3) is 11.8 Å². The lowest BCUT2D eigenvalue weighted by Gasteiger charge is -2.20. The fourth-order valence-electron chi connectivity index (χ4n) is 3.09. The van der Waals surface area contributed by atoms with Crippen molar-refractivity contribution in [3.8, 4) is 5.75 Å². The minimum Gasteiger partial charge on any atom is -0.495 e. The van der Waals surface area contributed by atoms with Crippen LogP contribution in [0.4, 0.5) is 5.69 Å². The second kappa shape index (κ2) is 11.2. The smallest absolute Gasteiger partial charge is 0.329 e. The van der Waals surface area contributed by atoms with Crippen LogP contribution in [0.25, 0.3) is 0 Å². The Morgan fingerprint density at radius 2 is 1.74 bits per heavy atom. The van der Waals surface area contributed by atoms with Gasteiger partial charge < -0.3 is 20.1 Å². The molecule has 0 radical (unpaired) electrons. The third-order valence-corrected chi connectivity index (χ3v) is 4.66. The van der Waals surface area contributed by atoms with Crippen molar-refractivity contribution in [2.75, 3.05) is 19.0 Å². The molecule has 0 heterocycles. The SMILES string of the molecule is COc1ccc(C)cc1NC(=O)COC(=O)[C@H](CC(C)C)NC(=O)c1ccccc1C. The minimum atomic E-state index is -0.853. The maximum Gasteiger partial charge on any atom is 0.329 e. The maximum atomic E-state index is 12.6.